The average molecular weight is 216 g/mol. The van der Waals surface area contributed by atoms with Crippen LogP contribution in [0.1, 0.15) is 25.7 Å². The summed E-state index contributed by atoms with van der Waals surface area (Å²) in [6.45, 7) is 1.59. The molecule has 3 atom stereocenters. The Labute approximate surface area is 92.5 Å². The van der Waals surface area contributed by atoms with E-state index in [0.29, 0.717) is 12.1 Å². The van der Waals surface area contributed by atoms with Crippen LogP contribution < -0.4 is 11.1 Å². The number of rotatable bonds is 7. The van der Waals surface area contributed by atoms with Gasteiger partial charge in [0.15, 0.2) is 0 Å². The number of nitrogens with one attached hydrogen (secondary N) is 1. The van der Waals surface area contributed by atoms with Crippen LogP contribution in [-0.4, -0.2) is 45.6 Å². The molecule has 0 aromatic carbocycles. The number of nitrogens with two attached hydrogens (primary N) is 1. The predicted molar refractivity (Wildman–Crippen MR) is 60.9 cm³/mol. The molecular weight excluding hydrogens is 192 g/mol. The van der Waals surface area contributed by atoms with Crippen LogP contribution in [0.5, 0.6) is 0 Å². The first-order valence-electron chi connectivity index (χ1n) is 5.78. The highest BCUT2D eigenvalue weighted by molar-refractivity contribution is 4.84. The minimum atomic E-state index is 0.183. The van der Waals surface area contributed by atoms with Gasteiger partial charge in [-0.2, -0.15) is 0 Å². The van der Waals surface area contributed by atoms with Crippen molar-refractivity contribution in [1.29, 1.82) is 0 Å². The van der Waals surface area contributed by atoms with Crippen LogP contribution in [0.3, 0.4) is 0 Å². The highest BCUT2D eigenvalue weighted by Gasteiger charge is 2.26. The third-order valence-electron chi connectivity index (χ3n) is 3.09. The van der Waals surface area contributed by atoms with E-state index in [9.17, 15) is 0 Å². The maximum Gasteiger partial charge on any atom is 0.0724 e. The van der Waals surface area contributed by atoms with Gasteiger partial charge in [0.25, 0.3) is 0 Å². The van der Waals surface area contributed by atoms with E-state index in [1.165, 1.54) is 19.3 Å². The fourth-order valence-electron chi connectivity index (χ4n) is 2.12. The Bertz CT molecular complexity index is 167. The lowest BCUT2D eigenvalue weighted by molar-refractivity contribution is 0.0843. The zero-order valence-electron chi connectivity index (χ0n) is 9.87. The van der Waals surface area contributed by atoms with Gasteiger partial charge in [-0.15, -0.1) is 0 Å². The number of hydrogen-bond acceptors (Lipinski definition) is 4. The minimum absolute atomic E-state index is 0.183. The molecule has 3 unspecified atom stereocenters. The van der Waals surface area contributed by atoms with Gasteiger partial charge in [-0.3, -0.25) is 0 Å². The number of methoxy groups -OCH3 is 2. The molecule has 0 radical (unpaired) electrons. The van der Waals surface area contributed by atoms with Gasteiger partial charge in [-0.1, -0.05) is 0 Å². The van der Waals surface area contributed by atoms with Gasteiger partial charge in [0.05, 0.1) is 6.10 Å². The molecule has 90 valence electrons. The quantitative estimate of drug-likeness (QED) is 0.651. The van der Waals surface area contributed by atoms with Gasteiger partial charge < -0.3 is 20.5 Å². The summed E-state index contributed by atoms with van der Waals surface area (Å²) in [5.74, 6) is 0. The van der Waals surface area contributed by atoms with Gasteiger partial charge in [0.1, 0.15) is 0 Å². The zero-order valence-corrected chi connectivity index (χ0v) is 9.87. The fourth-order valence-corrected chi connectivity index (χ4v) is 2.12. The van der Waals surface area contributed by atoms with Crippen LogP contribution in [0.25, 0.3) is 0 Å². The van der Waals surface area contributed by atoms with Gasteiger partial charge in [-0.25, -0.2) is 0 Å². The smallest absolute Gasteiger partial charge is 0.0724 e. The van der Waals surface area contributed by atoms with Crippen molar-refractivity contribution in [3.63, 3.8) is 0 Å². The fraction of sp³-hybridized carbons (Fsp3) is 1.00. The molecule has 1 fully saturated rings. The first kappa shape index (κ1) is 12.9. The van der Waals surface area contributed by atoms with E-state index >= 15 is 0 Å². The average Bonchev–Trinajstić information content (AvgIpc) is 2.70. The van der Waals surface area contributed by atoms with Crippen molar-refractivity contribution in [3.8, 4) is 0 Å². The Morgan fingerprint density at radius 2 is 2.20 bits per heavy atom. The molecule has 4 heteroatoms. The second-order valence-electron chi connectivity index (χ2n) is 4.26. The molecule has 15 heavy (non-hydrogen) atoms. The molecule has 1 aliphatic carbocycles. The van der Waals surface area contributed by atoms with Crippen molar-refractivity contribution in [2.45, 2.75) is 43.9 Å². The van der Waals surface area contributed by atoms with Crippen molar-refractivity contribution < 1.29 is 9.47 Å². The van der Waals surface area contributed by atoms with Gasteiger partial charge >= 0.3 is 0 Å². The SMILES string of the molecule is COCCC(N)CNC1CCCC1OC. The summed E-state index contributed by atoms with van der Waals surface area (Å²) in [5, 5.41) is 3.49. The van der Waals surface area contributed by atoms with Crippen molar-refractivity contribution in [3.05, 3.63) is 0 Å². The maximum atomic E-state index is 5.94. The van der Waals surface area contributed by atoms with Crippen LogP contribution in [0.4, 0.5) is 0 Å². The Kier molecular flexibility index (Phi) is 6.17. The zero-order chi connectivity index (χ0) is 11.1. The summed E-state index contributed by atoms with van der Waals surface area (Å²) < 4.78 is 10.4. The molecule has 0 aliphatic heterocycles. The third kappa shape index (κ3) is 4.47. The predicted octanol–water partition coefficient (Wildman–Crippen LogP) is 0.507. The molecule has 0 saturated heterocycles. The second-order valence-corrected chi connectivity index (χ2v) is 4.26. The summed E-state index contributed by atoms with van der Waals surface area (Å²) in [7, 11) is 3.49. The first-order valence-corrected chi connectivity index (χ1v) is 5.78. The highest BCUT2D eigenvalue weighted by Crippen LogP contribution is 2.21. The molecular formula is C11H24N2O2. The molecule has 1 saturated carbocycles. The standard InChI is InChI=1S/C11H24N2O2/c1-14-7-6-9(12)8-13-10-4-3-5-11(10)15-2/h9-11,13H,3-8,12H2,1-2H3. The summed E-state index contributed by atoms with van der Waals surface area (Å²) in [6, 6.07) is 0.673. The van der Waals surface area contributed by atoms with E-state index in [0.717, 1.165) is 19.6 Å². The summed E-state index contributed by atoms with van der Waals surface area (Å²) in [4.78, 5) is 0. The van der Waals surface area contributed by atoms with Crippen molar-refractivity contribution in [2.75, 3.05) is 27.4 Å². The lowest BCUT2D eigenvalue weighted by Crippen LogP contribution is -2.43. The maximum absolute atomic E-state index is 5.94. The van der Waals surface area contributed by atoms with E-state index in [4.69, 9.17) is 15.2 Å². The van der Waals surface area contributed by atoms with Crippen molar-refractivity contribution >= 4 is 0 Å². The van der Waals surface area contributed by atoms with Gasteiger partial charge in [0, 0.05) is 39.5 Å². The molecule has 1 aliphatic rings. The molecule has 0 heterocycles. The normalized spacial score (nSPS) is 28.2. The molecule has 0 aromatic rings. The topological polar surface area (TPSA) is 56.5 Å². The minimum Gasteiger partial charge on any atom is -0.385 e. The molecule has 0 spiro atoms. The van der Waals surface area contributed by atoms with E-state index in [1.54, 1.807) is 14.2 Å². The summed E-state index contributed by atoms with van der Waals surface area (Å²) in [6.07, 6.45) is 4.91. The Balaban J connectivity index is 2.12. The molecule has 0 bridgehead atoms. The van der Waals surface area contributed by atoms with Gasteiger partial charge in [-0.05, 0) is 25.7 Å². The Morgan fingerprint density at radius 3 is 2.87 bits per heavy atom. The van der Waals surface area contributed by atoms with E-state index in [1.807, 2.05) is 0 Å². The number of ether oxygens (including phenoxy) is 2. The van der Waals surface area contributed by atoms with E-state index in [-0.39, 0.29) is 6.04 Å². The van der Waals surface area contributed by atoms with E-state index in [2.05, 4.69) is 5.32 Å². The Hall–Kier alpha value is -0.160. The molecule has 1 rings (SSSR count). The third-order valence-corrected chi connectivity index (χ3v) is 3.09. The number of hydrogen-bond donors (Lipinski definition) is 2. The van der Waals surface area contributed by atoms with Crippen LogP contribution in [0.2, 0.25) is 0 Å². The van der Waals surface area contributed by atoms with Gasteiger partial charge in [0.2, 0.25) is 0 Å². The second kappa shape index (κ2) is 7.17. The monoisotopic (exact) mass is 216 g/mol. The molecule has 0 amide bonds. The van der Waals surface area contributed by atoms with Crippen molar-refractivity contribution in [1.82, 2.24) is 5.32 Å². The molecule has 4 nitrogen and oxygen atoms in total. The lowest BCUT2D eigenvalue weighted by Gasteiger charge is -2.21. The molecule has 0 aromatic heterocycles. The Morgan fingerprint density at radius 1 is 1.40 bits per heavy atom. The summed E-state index contributed by atoms with van der Waals surface area (Å²) in [5.41, 5.74) is 5.94. The summed E-state index contributed by atoms with van der Waals surface area (Å²) >= 11 is 0. The van der Waals surface area contributed by atoms with Crippen LogP contribution in [-0.2, 0) is 9.47 Å². The van der Waals surface area contributed by atoms with Crippen molar-refractivity contribution in [2.24, 2.45) is 5.73 Å². The highest BCUT2D eigenvalue weighted by atomic mass is 16.5. The molecule has 3 N–H and O–H groups in total. The largest absolute Gasteiger partial charge is 0.385 e. The van der Waals surface area contributed by atoms with Crippen LogP contribution >= 0.6 is 0 Å². The van der Waals surface area contributed by atoms with Crippen LogP contribution in [0.15, 0.2) is 0 Å². The van der Waals surface area contributed by atoms with Crippen LogP contribution in [0, 0.1) is 0 Å². The lowest BCUT2D eigenvalue weighted by atomic mass is 10.1. The first-order chi connectivity index (χ1) is 7.27. The van der Waals surface area contributed by atoms with E-state index < -0.39 is 0 Å².